The summed E-state index contributed by atoms with van der Waals surface area (Å²) in [7, 11) is 0. The van der Waals surface area contributed by atoms with Crippen LogP contribution in [0.4, 0.5) is 35.1 Å². The maximum absolute atomic E-state index is 15.3. The van der Waals surface area contributed by atoms with Gasteiger partial charge in [-0.1, -0.05) is 34.7 Å². The summed E-state index contributed by atoms with van der Waals surface area (Å²) in [4.78, 5) is 29.5. The highest BCUT2D eigenvalue weighted by molar-refractivity contribution is 14.1. The van der Waals surface area contributed by atoms with Crippen molar-refractivity contribution in [3.8, 4) is 11.1 Å². The lowest BCUT2D eigenvalue weighted by Crippen LogP contribution is -2.35. The molecule has 0 bridgehead atoms. The molecule has 4 aromatic rings. The van der Waals surface area contributed by atoms with Gasteiger partial charge in [0.25, 0.3) is 11.8 Å². The molecule has 2 unspecified atom stereocenters. The number of nitrogens with one attached hydrogen (secondary N) is 1. The summed E-state index contributed by atoms with van der Waals surface area (Å²) in [6.07, 6.45) is -4.26. The van der Waals surface area contributed by atoms with Crippen LogP contribution in [0, 0.1) is 23.4 Å². The first-order chi connectivity index (χ1) is 21.5. The number of nitrogens with two attached hydrogens (primary N) is 1. The Balaban J connectivity index is 1.39. The van der Waals surface area contributed by atoms with E-state index in [2.05, 4.69) is 15.4 Å². The second-order valence-electron chi connectivity index (χ2n) is 11.1. The summed E-state index contributed by atoms with van der Waals surface area (Å²) in [5, 5.41) is 5.93. The summed E-state index contributed by atoms with van der Waals surface area (Å²) in [5.41, 5.74) is 2.21. The van der Waals surface area contributed by atoms with Crippen molar-refractivity contribution in [2.45, 2.75) is 40.9 Å². The second-order valence-corrected chi connectivity index (χ2v) is 13.0. The van der Waals surface area contributed by atoms with E-state index >= 15 is 8.78 Å². The van der Waals surface area contributed by atoms with Crippen molar-refractivity contribution < 1.29 is 44.7 Å². The first-order valence-corrected chi connectivity index (χ1v) is 14.6. The quantitative estimate of drug-likeness (QED) is 0.125. The van der Waals surface area contributed by atoms with E-state index in [-0.39, 0.29) is 35.2 Å². The second kappa shape index (κ2) is 11.0. The molecule has 16 heteroatoms. The molecule has 0 spiro atoms. The molecular weight excluding hydrogens is 741 g/mol. The minimum atomic E-state index is -5.07. The van der Waals surface area contributed by atoms with Crippen LogP contribution in [0.3, 0.4) is 0 Å². The van der Waals surface area contributed by atoms with Crippen LogP contribution in [0.2, 0.25) is 0 Å². The number of primary amides is 1. The molecule has 46 heavy (non-hydrogen) atoms. The molecule has 2 aliphatic rings. The van der Waals surface area contributed by atoms with Gasteiger partial charge < -0.3 is 11.1 Å². The number of alkyl halides is 6. The normalized spacial score (nSPS) is 20.2. The van der Waals surface area contributed by atoms with Crippen LogP contribution in [-0.2, 0) is 33.3 Å². The molecule has 1 saturated carbocycles. The van der Waals surface area contributed by atoms with Crippen LogP contribution >= 0.6 is 22.6 Å². The zero-order chi connectivity index (χ0) is 33.3. The van der Waals surface area contributed by atoms with Crippen molar-refractivity contribution in [3.63, 3.8) is 0 Å². The maximum atomic E-state index is 15.3. The first-order valence-electron chi connectivity index (χ1n) is 13.6. The predicted octanol–water partition coefficient (Wildman–Crippen LogP) is 6.34. The monoisotopic (exact) mass is 761 g/mol. The average Bonchev–Trinajstić information content (AvgIpc) is 3.44. The Hall–Kier alpha value is -4.09. The Morgan fingerprint density at radius 2 is 1.78 bits per heavy atom. The number of carbonyl (C=O) groups excluding carboxylic acids is 2. The zero-order valence-electron chi connectivity index (χ0n) is 23.1. The molecule has 2 aliphatic carbocycles. The van der Waals surface area contributed by atoms with Gasteiger partial charge in [-0.05, 0) is 54.3 Å². The van der Waals surface area contributed by atoms with E-state index in [0.29, 0.717) is 10.7 Å². The van der Waals surface area contributed by atoms with E-state index in [1.54, 1.807) is 22.6 Å². The summed E-state index contributed by atoms with van der Waals surface area (Å²) < 4.78 is 114. The lowest BCUT2D eigenvalue weighted by Gasteiger charge is -2.22. The number of pyridine rings is 1. The van der Waals surface area contributed by atoms with Crippen LogP contribution in [0.25, 0.3) is 11.1 Å². The van der Waals surface area contributed by atoms with E-state index in [4.69, 9.17) is 5.73 Å². The van der Waals surface area contributed by atoms with Gasteiger partial charge in [0.2, 0.25) is 5.91 Å². The molecule has 0 radical (unpaired) electrons. The van der Waals surface area contributed by atoms with Gasteiger partial charge in [-0.3, -0.25) is 19.3 Å². The summed E-state index contributed by atoms with van der Waals surface area (Å²) in [5.74, 6) is -9.98. The molecule has 2 aromatic heterocycles. The van der Waals surface area contributed by atoms with Gasteiger partial charge in [-0.2, -0.15) is 27.1 Å². The van der Waals surface area contributed by atoms with Crippen molar-refractivity contribution in [2.24, 2.45) is 11.7 Å². The van der Waals surface area contributed by atoms with Crippen LogP contribution in [-0.4, -0.2) is 26.6 Å². The van der Waals surface area contributed by atoms with Crippen molar-refractivity contribution in [3.05, 3.63) is 106 Å². The molecular formula is C30H20F8IN5O2. The van der Waals surface area contributed by atoms with Gasteiger partial charge in [-0.15, -0.1) is 0 Å². The first kappa shape index (κ1) is 31.9. The minimum absolute atomic E-state index is 0.0362. The molecule has 0 saturated heterocycles. The highest BCUT2D eigenvalue weighted by Crippen LogP contribution is 2.75. The average molecular weight is 761 g/mol. The third kappa shape index (κ3) is 5.49. The largest absolute Gasteiger partial charge is 0.435 e. The van der Waals surface area contributed by atoms with Gasteiger partial charge >= 0.3 is 6.18 Å². The molecule has 240 valence electrons. The highest BCUT2D eigenvalue weighted by Gasteiger charge is 2.76. The Kier molecular flexibility index (Phi) is 7.63. The van der Waals surface area contributed by atoms with Gasteiger partial charge in [-0.25, -0.2) is 13.2 Å². The molecule has 3 atom stereocenters. The number of nitrogens with zero attached hydrogens (tertiary/aromatic N) is 3. The van der Waals surface area contributed by atoms with Crippen molar-refractivity contribution in [1.82, 2.24) is 20.1 Å². The fourth-order valence-electron chi connectivity index (χ4n) is 5.98. The van der Waals surface area contributed by atoms with Gasteiger partial charge in [0, 0.05) is 29.3 Å². The summed E-state index contributed by atoms with van der Waals surface area (Å²) >= 11 is 1.58. The number of fused-ring (bicyclic) bond motifs is 3. The van der Waals surface area contributed by atoms with E-state index < -0.39 is 85.8 Å². The van der Waals surface area contributed by atoms with E-state index in [9.17, 15) is 35.9 Å². The SMILES string of the molecule is NC(=O)c1cc(-c2cccnc2[C@H](Cc2cc(F)cc(F)c2)NC(=O)Cn2nc(C(F)(F)F)c3c2C(F)(F)C2CC32I)ccc1F. The highest BCUT2D eigenvalue weighted by atomic mass is 127. The minimum Gasteiger partial charge on any atom is -0.366 e. The van der Waals surface area contributed by atoms with Gasteiger partial charge in [0.05, 0.1) is 20.7 Å². The zero-order valence-corrected chi connectivity index (χ0v) is 25.3. The topological polar surface area (TPSA) is 103 Å². The molecule has 7 nitrogen and oxygen atoms in total. The van der Waals surface area contributed by atoms with E-state index in [1.807, 2.05) is 0 Å². The standard InChI is InChI=1S/C30H20F8IN5O2/c31-15-6-13(7-16(32)10-15)8-20(24-17(2-1-5-41-24)14-3-4-19(33)18(9-14)27(40)46)42-22(45)12-44-26-23(25(43-44)30(36,37)38)28(39)11-21(28)29(26,34)35/h1-7,9-10,20-21H,8,11-12H2,(H2,40,46)(H,42,45)/t20-,21?,28?/m0/s1. The maximum Gasteiger partial charge on any atom is 0.435 e. The number of hydrogen-bond acceptors (Lipinski definition) is 4. The number of halogens is 9. The van der Waals surface area contributed by atoms with Crippen molar-refractivity contribution >= 4 is 34.4 Å². The molecule has 2 heterocycles. The third-order valence-electron chi connectivity index (χ3n) is 7.99. The Bertz CT molecular complexity index is 1890. The number of aromatic nitrogens is 3. The smallest absolute Gasteiger partial charge is 0.366 e. The molecule has 2 amide bonds. The lowest BCUT2D eigenvalue weighted by atomic mass is 9.94. The van der Waals surface area contributed by atoms with Gasteiger partial charge in [0.1, 0.15) is 29.7 Å². The number of amides is 2. The fourth-order valence-corrected chi connectivity index (χ4v) is 7.32. The van der Waals surface area contributed by atoms with Crippen LogP contribution in [0.15, 0.2) is 54.7 Å². The molecule has 1 fully saturated rings. The number of hydrogen-bond donors (Lipinski definition) is 2. The Morgan fingerprint density at radius 3 is 2.43 bits per heavy atom. The number of rotatable bonds is 8. The van der Waals surface area contributed by atoms with Crippen LogP contribution in [0.1, 0.15) is 51.0 Å². The fraction of sp³-hybridized carbons (Fsp3) is 0.267. The van der Waals surface area contributed by atoms with E-state index in [0.717, 1.165) is 24.3 Å². The number of benzene rings is 2. The van der Waals surface area contributed by atoms with Crippen LogP contribution < -0.4 is 11.1 Å². The van der Waals surface area contributed by atoms with Crippen LogP contribution in [0.5, 0.6) is 0 Å². The molecule has 0 aliphatic heterocycles. The Labute approximate surface area is 268 Å². The Morgan fingerprint density at radius 1 is 1.09 bits per heavy atom. The lowest BCUT2D eigenvalue weighted by molar-refractivity contribution is -0.142. The summed E-state index contributed by atoms with van der Waals surface area (Å²) in [6.45, 7) is -1.05. The number of carbonyl (C=O) groups is 2. The predicted molar refractivity (Wildman–Crippen MR) is 154 cm³/mol. The molecule has 2 aromatic carbocycles. The third-order valence-corrected chi connectivity index (χ3v) is 9.72. The summed E-state index contributed by atoms with van der Waals surface area (Å²) in [6, 6.07) is 7.70. The molecule has 6 rings (SSSR count). The van der Waals surface area contributed by atoms with E-state index in [1.165, 1.54) is 24.4 Å². The van der Waals surface area contributed by atoms with Crippen molar-refractivity contribution in [2.75, 3.05) is 0 Å². The van der Waals surface area contributed by atoms with Crippen molar-refractivity contribution in [1.29, 1.82) is 0 Å². The molecule has 3 N–H and O–H groups in total. The van der Waals surface area contributed by atoms with Gasteiger partial charge in [0.15, 0.2) is 5.69 Å².